The maximum Gasteiger partial charge on any atom is 0.283 e. The number of fused-ring (bicyclic) bond motifs is 1. The highest BCUT2D eigenvalue weighted by Gasteiger charge is 2.24. The number of hydrogen-bond donors (Lipinski definition) is 1. The van der Waals surface area contributed by atoms with Crippen LogP contribution in [0.15, 0.2) is 71.6 Å². The van der Waals surface area contributed by atoms with E-state index in [1.54, 1.807) is 66.7 Å². The molecule has 0 atom stereocenters. The van der Waals surface area contributed by atoms with Gasteiger partial charge in [-0.05, 0) is 61.5 Å². The van der Waals surface area contributed by atoms with Crippen molar-refractivity contribution in [1.82, 2.24) is 9.19 Å². The number of nitrogen functional groups attached to an aromatic ring is 1. The third-order valence-electron chi connectivity index (χ3n) is 4.59. The summed E-state index contributed by atoms with van der Waals surface area (Å²) in [6, 6.07) is 18.4. The fourth-order valence-corrected chi connectivity index (χ4v) is 4.42. The maximum absolute atomic E-state index is 13.2. The van der Waals surface area contributed by atoms with Gasteiger partial charge in [-0.1, -0.05) is 29.3 Å². The van der Waals surface area contributed by atoms with E-state index in [1.165, 1.54) is 0 Å². The Morgan fingerprint density at radius 2 is 1.65 bits per heavy atom. The molecule has 0 amide bonds. The van der Waals surface area contributed by atoms with Gasteiger partial charge < -0.3 is 15.2 Å². The molecule has 4 rings (SSSR count). The lowest BCUT2D eigenvalue weighted by atomic mass is 10.2. The largest absolute Gasteiger partial charge is 0.490 e. The van der Waals surface area contributed by atoms with Crippen molar-refractivity contribution in [1.29, 1.82) is 0 Å². The quantitative estimate of drug-likeness (QED) is 0.328. The first-order valence-corrected chi connectivity index (χ1v) is 11.3. The van der Waals surface area contributed by atoms with E-state index in [4.69, 9.17) is 26.8 Å². The topological polar surface area (TPSA) is 96.4 Å². The third-order valence-corrected chi connectivity index (χ3v) is 6.44. The van der Waals surface area contributed by atoms with Crippen LogP contribution in [0.1, 0.15) is 5.56 Å². The number of nitrogens with zero attached hydrogens (tertiary/aromatic N) is 2. The zero-order valence-corrected chi connectivity index (χ0v) is 18.2. The fraction of sp³-hybridized carbons (Fsp3) is 0.136. The number of hydrogen-bond acceptors (Lipinski definition) is 6. The van der Waals surface area contributed by atoms with E-state index in [0.717, 1.165) is 9.65 Å². The van der Waals surface area contributed by atoms with Crippen LogP contribution >= 0.6 is 11.6 Å². The molecular weight excluding hydrogens is 438 g/mol. The minimum atomic E-state index is -3.91. The summed E-state index contributed by atoms with van der Waals surface area (Å²) < 4.78 is 38.7. The first-order valence-electron chi connectivity index (χ1n) is 9.46. The molecule has 9 heteroatoms. The van der Waals surface area contributed by atoms with Gasteiger partial charge in [0.2, 0.25) is 5.88 Å². The van der Waals surface area contributed by atoms with Crippen LogP contribution in [0, 0.1) is 6.92 Å². The van der Waals surface area contributed by atoms with Crippen LogP contribution < -0.4 is 15.2 Å². The van der Waals surface area contributed by atoms with Gasteiger partial charge in [0.15, 0.2) is 0 Å². The minimum absolute atomic E-state index is 0.136. The predicted molar refractivity (Wildman–Crippen MR) is 120 cm³/mol. The number of rotatable bonds is 7. The molecule has 0 fully saturated rings. The molecular formula is C22H20ClN3O4S. The second-order valence-electron chi connectivity index (χ2n) is 6.89. The maximum atomic E-state index is 13.2. The van der Waals surface area contributed by atoms with E-state index in [1.807, 2.05) is 6.92 Å². The van der Waals surface area contributed by atoms with Gasteiger partial charge in [0.25, 0.3) is 10.0 Å². The smallest absolute Gasteiger partial charge is 0.283 e. The summed E-state index contributed by atoms with van der Waals surface area (Å²) in [5.74, 6) is 0.812. The summed E-state index contributed by atoms with van der Waals surface area (Å²) in [7, 11) is -3.91. The number of halogens is 1. The van der Waals surface area contributed by atoms with E-state index in [-0.39, 0.29) is 24.0 Å². The van der Waals surface area contributed by atoms with Crippen LogP contribution in [0.2, 0.25) is 5.02 Å². The Morgan fingerprint density at radius 3 is 2.35 bits per heavy atom. The molecule has 0 bridgehead atoms. The van der Waals surface area contributed by atoms with Crippen LogP contribution in [0.5, 0.6) is 11.6 Å². The van der Waals surface area contributed by atoms with Crippen LogP contribution in [-0.4, -0.2) is 30.8 Å². The SMILES string of the molecule is Cc1ccc(S(=O)(=O)n2nc(OCCOc3ccc(Cl)cc3)c3cc(N)ccc32)cc1. The first kappa shape index (κ1) is 21.0. The minimum Gasteiger partial charge on any atom is -0.490 e. The highest BCUT2D eigenvalue weighted by atomic mass is 35.5. The molecule has 7 nitrogen and oxygen atoms in total. The Morgan fingerprint density at radius 1 is 0.968 bits per heavy atom. The average molecular weight is 458 g/mol. The normalized spacial score (nSPS) is 11.5. The van der Waals surface area contributed by atoms with Crippen molar-refractivity contribution in [3.05, 3.63) is 77.3 Å². The second-order valence-corrected chi connectivity index (χ2v) is 9.10. The van der Waals surface area contributed by atoms with Crippen molar-refractivity contribution in [3.8, 4) is 11.6 Å². The molecule has 0 saturated heterocycles. The number of aromatic nitrogens is 2. The first-order chi connectivity index (χ1) is 14.8. The predicted octanol–water partition coefficient (Wildman–Crippen LogP) is 4.28. The monoisotopic (exact) mass is 457 g/mol. The molecule has 0 aliphatic rings. The van der Waals surface area contributed by atoms with Gasteiger partial charge in [-0.3, -0.25) is 0 Å². The van der Waals surface area contributed by atoms with E-state index in [2.05, 4.69) is 5.10 Å². The van der Waals surface area contributed by atoms with Gasteiger partial charge >= 0.3 is 0 Å². The fourth-order valence-electron chi connectivity index (χ4n) is 3.01. The molecule has 0 spiro atoms. The molecule has 31 heavy (non-hydrogen) atoms. The van der Waals surface area contributed by atoms with Crippen LogP contribution in [-0.2, 0) is 10.0 Å². The molecule has 1 aromatic heterocycles. The van der Waals surface area contributed by atoms with Gasteiger partial charge in [0, 0.05) is 10.7 Å². The molecule has 0 aliphatic heterocycles. The van der Waals surface area contributed by atoms with E-state index < -0.39 is 10.0 Å². The molecule has 0 unspecified atom stereocenters. The Labute approximate surface area is 185 Å². The zero-order valence-electron chi connectivity index (χ0n) is 16.7. The summed E-state index contributed by atoms with van der Waals surface area (Å²) in [5.41, 5.74) is 7.72. The Balaban J connectivity index is 1.60. The molecule has 4 aromatic rings. The molecule has 3 aromatic carbocycles. The number of nitrogens with two attached hydrogens (primary N) is 1. The highest BCUT2D eigenvalue weighted by Crippen LogP contribution is 2.30. The lowest BCUT2D eigenvalue weighted by Crippen LogP contribution is -2.15. The van der Waals surface area contributed by atoms with Gasteiger partial charge in [-0.2, -0.15) is 8.42 Å². The van der Waals surface area contributed by atoms with Crippen LogP contribution in [0.4, 0.5) is 5.69 Å². The van der Waals surface area contributed by atoms with E-state index >= 15 is 0 Å². The second kappa shape index (κ2) is 8.49. The van der Waals surface area contributed by atoms with Gasteiger partial charge in [-0.25, -0.2) is 0 Å². The summed E-state index contributed by atoms with van der Waals surface area (Å²) in [4.78, 5) is 0.136. The molecule has 0 saturated carbocycles. The van der Waals surface area contributed by atoms with E-state index in [0.29, 0.717) is 27.4 Å². The Hall–Kier alpha value is -3.23. The lowest BCUT2D eigenvalue weighted by molar-refractivity contribution is 0.213. The standard InChI is InChI=1S/C22H20ClN3O4S/c1-15-2-9-19(10-3-15)31(27,28)26-21-11-6-17(24)14-20(21)22(25-26)30-13-12-29-18-7-4-16(23)5-8-18/h2-11,14H,12-13,24H2,1H3. The average Bonchev–Trinajstić information content (AvgIpc) is 3.11. The highest BCUT2D eigenvalue weighted by molar-refractivity contribution is 7.90. The Bertz CT molecular complexity index is 1320. The van der Waals surface area contributed by atoms with Gasteiger partial charge in [0.05, 0.1) is 15.8 Å². The summed E-state index contributed by atoms with van der Waals surface area (Å²) >= 11 is 5.86. The molecule has 2 N–H and O–H groups in total. The van der Waals surface area contributed by atoms with Crippen molar-refractivity contribution in [2.45, 2.75) is 11.8 Å². The lowest BCUT2D eigenvalue weighted by Gasteiger charge is -2.07. The van der Waals surface area contributed by atoms with E-state index in [9.17, 15) is 8.42 Å². The Kier molecular flexibility index (Phi) is 5.75. The molecule has 1 heterocycles. The van der Waals surface area contributed by atoms with Crippen molar-refractivity contribution < 1.29 is 17.9 Å². The van der Waals surface area contributed by atoms with Crippen LogP contribution in [0.25, 0.3) is 10.9 Å². The van der Waals surface area contributed by atoms with Crippen molar-refractivity contribution in [2.75, 3.05) is 18.9 Å². The molecule has 160 valence electrons. The summed E-state index contributed by atoms with van der Waals surface area (Å²) in [6.45, 7) is 2.29. The summed E-state index contributed by atoms with van der Waals surface area (Å²) in [5, 5.41) is 5.36. The number of ether oxygens (including phenoxy) is 2. The van der Waals surface area contributed by atoms with Gasteiger partial charge in [-0.15, -0.1) is 9.19 Å². The number of aryl methyl sites for hydroxylation is 1. The van der Waals surface area contributed by atoms with Crippen molar-refractivity contribution in [3.63, 3.8) is 0 Å². The third kappa shape index (κ3) is 4.45. The molecule has 0 aliphatic carbocycles. The zero-order chi connectivity index (χ0) is 22.0. The number of benzene rings is 3. The van der Waals surface area contributed by atoms with Crippen molar-refractivity contribution >= 4 is 38.2 Å². The van der Waals surface area contributed by atoms with Crippen LogP contribution in [0.3, 0.4) is 0 Å². The van der Waals surface area contributed by atoms with Crippen molar-refractivity contribution in [2.24, 2.45) is 0 Å². The summed E-state index contributed by atoms with van der Waals surface area (Å²) in [6.07, 6.45) is 0. The number of anilines is 1. The molecule has 0 radical (unpaired) electrons. The van der Waals surface area contributed by atoms with Gasteiger partial charge in [0.1, 0.15) is 19.0 Å².